The van der Waals surface area contributed by atoms with Crippen molar-refractivity contribution >= 4 is 5.90 Å². The first-order valence-corrected chi connectivity index (χ1v) is 7.70. The summed E-state index contributed by atoms with van der Waals surface area (Å²) < 4.78 is 11.7. The number of hydrogen-bond donors (Lipinski definition) is 1. The lowest BCUT2D eigenvalue weighted by atomic mass is 9.50. The zero-order valence-electron chi connectivity index (χ0n) is 13.4. The summed E-state index contributed by atoms with van der Waals surface area (Å²) in [5, 5.41) is 38.2. The van der Waals surface area contributed by atoms with Crippen molar-refractivity contribution in [3.63, 3.8) is 0 Å². The third-order valence-electron chi connectivity index (χ3n) is 5.13. The molecular formula is C18H16N4O2. The Bertz CT molecular complexity index is 802. The Labute approximate surface area is 140 Å². The van der Waals surface area contributed by atoms with Crippen molar-refractivity contribution in [2.24, 2.45) is 10.8 Å². The molecule has 3 heterocycles. The second-order valence-electron chi connectivity index (χ2n) is 6.26. The molecule has 0 radical (unpaired) electrons. The van der Waals surface area contributed by atoms with E-state index < -0.39 is 28.6 Å². The van der Waals surface area contributed by atoms with Gasteiger partial charge in [-0.2, -0.15) is 15.8 Å². The summed E-state index contributed by atoms with van der Waals surface area (Å²) in [5.41, 5.74) is -2.86. The lowest BCUT2D eigenvalue weighted by Gasteiger charge is -2.61. The first kappa shape index (κ1) is 16.0. The van der Waals surface area contributed by atoms with Gasteiger partial charge in [-0.05, 0) is 12.0 Å². The summed E-state index contributed by atoms with van der Waals surface area (Å²) in [4.78, 5) is 0. The summed E-state index contributed by atoms with van der Waals surface area (Å²) >= 11 is 0. The quantitative estimate of drug-likeness (QED) is 0.900. The maximum absolute atomic E-state index is 10.0. The van der Waals surface area contributed by atoms with E-state index in [0.717, 1.165) is 0 Å². The molecule has 6 heteroatoms. The SMILES string of the molecule is CC[C@H]1O[C@@]2(C)OC(=N)[C@@]1(C#N)C(C#N)(C#N)[C@@H]2c1ccccc1. The molecule has 120 valence electrons. The lowest BCUT2D eigenvalue weighted by Crippen LogP contribution is -2.73. The number of hydrogen-bond acceptors (Lipinski definition) is 6. The third kappa shape index (κ3) is 1.58. The van der Waals surface area contributed by atoms with Gasteiger partial charge in [0.2, 0.25) is 11.7 Å². The van der Waals surface area contributed by atoms with E-state index in [0.29, 0.717) is 12.0 Å². The highest BCUT2D eigenvalue weighted by atomic mass is 16.7. The van der Waals surface area contributed by atoms with Crippen molar-refractivity contribution in [2.45, 2.75) is 38.1 Å². The predicted octanol–water partition coefficient (Wildman–Crippen LogP) is 2.85. The Morgan fingerprint density at radius 1 is 1.12 bits per heavy atom. The van der Waals surface area contributed by atoms with E-state index in [4.69, 9.17) is 14.9 Å². The van der Waals surface area contributed by atoms with Crippen LogP contribution in [0.1, 0.15) is 31.7 Å². The Kier molecular flexibility index (Phi) is 3.37. The molecule has 3 aliphatic rings. The van der Waals surface area contributed by atoms with Crippen LogP contribution in [0.25, 0.3) is 0 Å². The average molecular weight is 320 g/mol. The second kappa shape index (κ2) is 5.06. The Morgan fingerprint density at radius 3 is 2.25 bits per heavy atom. The number of ether oxygens (including phenoxy) is 2. The molecule has 6 nitrogen and oxygen atoms in total. The van der Waals surface area contributed by atoms with Gasteiger partial charge in [0.25, 0.3) is 0 Å². The molecule has 0 spiro atoms. The molecule has 3 aliphatic heterocycles. The first-order chi connectivity index (χ1) is 11.5. The molecule has 0 unspecified atom stereocenters. The highest BCUT2D eigenvalue weighted by Gasteiger charge is 2.78. The molecule has 0 amide bonds. The van der Waals surface area contributed by atoms with E-state index in [2.05, 4.69) is 12.1 Å². The minimum Gasteiger partial charge on any atom is -0.447 e. The number of benzene rings is 1. The Hall–Kier alpha value is -2.88. The van der Waals surface area contributed by atoms with Crippen LogP contribution in [0, 0.1) is 50.2 Å². The van der Waals surface area contributed by atoms with E-state index >= 15 is 0 Å². The fourth-order valence-corrected chi connectivity index (χ4v) is 4.13. The van der Waals surface area contributed by atoms with Gasteiger partial charge in [0.1, 0.15) is 0 Å². The topological polar surface area (TPSA) is 114 Å². The molecule has 3 fully saturated rings. The molecule has 1 N–H and O–H groups in total. The molecule has 0 aromatic heterocycles. The Morgan fingerprint density at radius 2 is 1.75 bits per heavy atom. The van der Waals surface area contributed by atoms with Gasteiger partial charge in [-0.15, -0.1) is 0 Å². The van der Waals surface area contributed by atoms with Gasteiger partial charge in [0.05, 0.1) is 30.2 Å². The standard InChI is InChI=1S/C18H16N4O2/c1-3-13-18(11-21)15(22)24-16(2,23-13)14(17(18,9-19)10-20)12-7-5-4-6-8-12/h4-8,13-14,22H,3H2,1-2H3/t13-,14-,16+,18+/m1/s1. The number of nitrogens with zero attached hydrogens (tertiary/aromatic N) is 3. The van der Waals surface area contributed by atoms with Crippen molar-refractivity contribution in [1.82, 2.24) is 0 Å². The number of rotatable bonds is 2. The van der Waals surface area contributed by atoms with E-state index in [9.17, 15) is 15.8 Å². The smallest absolute Gasteiger partial charge is 0.219 e. The fourth-order valence-electron chi connectivity index (χ4n) is 4.13. The van der Waals surface area contributed by atoms with Crippen LogP contribution in [0.5, 0.6) is 0 Å². The van der Waals surface area contributed by atoms with Gasteiger partial charge in [-0.1, -0.05) is 37.3 Å². The van der Waals surface area contributed by atoms with Crippen LogP contribution in [-0.4, -0.2) is 17.8 Å². The normalized spacial score (nSPS) is 36.0. The largest absolute Gasteiger partial charge is 0.447 e. The van der Waals surface area contributed by atoms with Crippen LogP contribution >= 0.6 is 0 Å². The summed E-state index contributed by atoms with van der Waals surface area (Å²) in [6, 6.07) is 15.2. The zero-order valence-corrected chi connectivity index (χ0v) is 13.4. The van der Waals surface area contributed by atoms with Crippen LogP contribution in [0.2, 0.25) is 0 Å². The molecule has 1 aromatic rings. The minimum atomic E-state index is -1.77. The van der Waals surface area contributed by atoms with Crippen LogP contribution in [0.3, 0.4) is 0 Å². The average Bonchev–Trinajstić information content (AvgIpc) is 2.60. The highest BCUT2D eigenvalue weighted by Crippen LogP contribution is 2.65. The molecular weight excluding hydrogens is 304 g/mol. The molecule has 0 saturated carbocycles. The maximum atomic E-state index is 10.0. The van der Waals surface area contributed by atoms with Crippen molar-refractivity contribution in [3.05, 3.63) is 35.9 Å². The van der Waals surface area contributed by atoms with E-state index in [1.54, 1.807) is 38.1 Å². The van der Waals surface area contributed by atoms with Gasteiger partial charge in [0, 0.05) is 6.92 Å². The van der Waals surface area contributed by atoms with Crippen LogP contribution < -0.4 is 0 Å². The number of fused-ring (bicyclic) bond motifs is 3. The van der Waals surface area contributed by atoms with Crippen LogP contribution in [-0.2, 0) is 9.47 Å². The zero-order chi connectivity index (χ0) is 17.6. The predicted molar refractivity (Wildman–Crippen MR) is 83.3 cm³/mol. The maximum Gasteiger partial charge on any atom is 0.219 e. The second-order valence-corrected chi connectivity index (χ2v) is 6.26. The molecule has 24 heavy (non-hydrogen) atoms. The Balaban J connectivity index is 2.37. The summed E-state index contributed by atoms with van der Waals surface area (Å²) in [6.45, 7) is 3.43. The fraction of sp³-hybridized carbons (Fsp3) is 0.444. The summed E-state index contributed by atoms with van der Waals surface area (Å²) in [7, 11) is 0. The van der Waals surface area contributed by atoms with E-state index in [-0.39, 0.29) is 5.90 Å². The van der Waals surface area contributed by atoms with Gasteiger partial charge < -0.3 is 9.47 Å². The minimum absolute atomic E-state index is 0.360. The van der Waals surface area contributed by atoms with Crippen molar-refractivity contribution in [3.8, 4) is 18.2 Å². The molecule has 4 atom stereocenters. The monoisotopic (exact) mass is 320 g/mol. The number of nitriles is 3. The van der Waals surface area contributed by atoms with Crippen molar-refractivity contribution in [1.29, 1.82) is 21.2 Å². The molecule has 1 aromatic carbocycles. The number of nitrogens with one attached hydrogen (secondary N) is 1. The third-order valence-corrected chi connectivity index (χ3v) is 5.13. The molecule has 2 bridgehead atoms. The van der Waals surface area contributed by atoms with E-state index in [1.165, 1.54) is 0 Å². The van der Waals surface area contributed by atoms with Crippen LogP contribution in [0.4, 0.5) is 0 Å². The first-order valence-electron chi connectivity index (χ1n) is 7.70. The van der Waals surface area contributed by atoms with Crippen molar-refractivity contribution < 1.29 is 9.47 Å². The van der Waals surface area contributed by atoms with Gasteiger partial charge in [-0.25, -0.2) is 0 Å². The van der Waals surface area contributed by atoms with Gasteiger partial charge >= 0.3 is 0 Å². The van der Waals surface area contributed by atoms with Gasteiger partial charge in [-0.3, -0.25) is 5.41 Å². The molecule has 0 aliphatic carbocycles. The molecule has 4 rings (SSSR count). The summed E-state index contributed by atoms with van der Waals surface area (Å²) in [5.74, 6) is -2.53. The summed E-state index contributed by atoms with van der Waals surface area (Å²) in [6.07, 6.45) is -0.366. The van der Waals surface area contributed by atoms with Crippen molar-refractivity contribution in [2.75, 3.05) is 0 Å². The van der Waals surface area contributed by atoms with Crippen LogP contribution in [0.15, 0.2) is 30.3 Å². The van der Waals surface area contributed by atoms with E-state index in [1.807, 2.05) is 12.1 Å². The van der Waals surface area contributed by atoms with Gasteiger partial charge in [0.15, 0.2) is 10.8 Å². The lowest BCUT2D eigenvalue weighted by molar-refractivity contribution is -0.319. The molecule has 3 saturated heterocycles. The highest BCUT2D eigenvalue weighted by molar-refractivity contribution is 5.89.